The van der Waals surface area contributed by atoms with Gasteiger partial charge in [0.25, 0.3) is 5.91 Å². The summed E-state index contributed by atoms with van der Waals surface area (Å²) < 4.78 is 4.05. The number of nitrogens with one attached hydrogen (secondary N) is 1. The molecule has 0 bridgehead atoms. The number of imidazole rings is 1. The fraction of sp³-hybridized carbons (Fsp3) is 0.579. The average Bonchev–Trinajstić information content (AvgIpc) is 3.62. The summed E-state index contributed by atoms with van der Waals surface area (Å²) in [7, 11) is 4.16. The predicted octanol–water partition coefficient (Wildman–Crippen LogP) is 5.17. The van der Waals surface area contributed by atoms with Crippen LogP contribution in [0.5, 0.6) is 0 Å². The molecule has 1 saturated carbocycles. The van der Waals surface area contributed by atoms with Gasteiger partial charge in [0.1, 0.15) is 0 Å². The third kappa shape index (κ3) is 6.25. The SMILES string of the molecule is Cc1cc(C(=O)Nc2nc3ccc(N4CCC(N5CC6(CCN(C)CC6)C5)CC4)cc3n2C2CCC(O)CC2)cc(-c2cnn(C)c2C)n1. The summed E-state index contributed by atoms with van der Waals surface area (Å²) in [6, 6.07) is 11.1. The number of anilines is 2. The van der Waals surface area contributed by atoms with Gasteiger partial charge in [-0.1, -0.05) is 0 Å². The molecule has 4 aliphatic rings. The highest BCUT2D eigenvalue weighted by Crippen LogP contribution is 2.43. The van der Waals surface area contributed by atoms with E-state index in [1.54, 1.807) is 6.20 Å². The number of piperidine rings is 2. The number of benzene rings is 1. The molecule has 49 heavy (non-hydrogen) atoms. The summed E-state index contributed by atoms with van der Waals surface area (Å²) in [5.74, 6) is 0.349. The minimum atomic E-state index is -0.268. The van der Waals surface area contributed by atoms with Crippen molar-refractivity contribution in [3.05, 3.63) is 53.5 Å². The van der Waals surface area contributed by atoms with E-state index in [1.165, 1.54) is 57.5 Å². The second-order valence-electron chi connectivity index (χ2n) is 15.5. The van der Waals surface area contributed by atoms with Crippen LogP contribution in [0.1, 0.15) is 79.2 Å². The van der Waals surface area contributed by atoms with Gasteiger partial charge in [0.15, 0.2) is 0 Å². The molecule has 4 aromatic rings. The van der Waals surface area contributed by atoms with Crippen molar-refractivity contribution in [1.29, 1.82) is 0 Å². The minimum Gasteiger partial charge on any atom is -0.393 e. The predicted molar refractivity (Wildman–Crippen MR) is 193 cm³/mol. The second kappa shape index (κ2) is 12.8. The number of aliphatic hydroxyl groups is 1. The Labute approximate surface area is 289 Å². The molecular weight excluding hydrogens is 614 g/mol. The van der Waals surface area contributed by atoms with Gasteiger partial charge in [0.2, 0.25) is 5.95 Å². The summed E-state index contributed by atoms with van der Waals surface area (Å²) in [4.78, 5) is 31.4. The molecule has 3 aromatic heterocycles. The molecule has 0 radical (unpaired) electrons. The van der Waals surface area contributed by atoms with E-state index in [9.17, 15) is 9.90 Å². The molecule has 3 aliphatic heterocycles. The summed E-state index contributed by atoms with van der Waals surface area (Å²) in [6.45, 7) is 11.1. The average molecular weight is 666 g/mol. The van der Waals surface area contributed by atoms with Crippen molar-refractivity contribution in [2.75, 3.05) is 56.5 Å². The van der Waals surface area contributed by atoms with Crippen molar-refractivity contribution < 1.29 is 9.90 Å². The van der Waals surface area contributed by atoms with Crippen molar-refractivity contribution >= 4 is 28.6 Å². The van der Waals surface area contributed by atoms with E-state index in [4.69, 9.17) is 9.97 Å². The van der Waals surface area contributed by atoms with Crippen molar-refractivity contribution in [3.8, 4) is 11.3 Å². The Hall–Kier alpha value is -3.80. The Morgan fingerprint density at radius 2 is 1.63 bits per heavy atom. The van der Waals surface area contributed by atoms with E-state index in [2.05, 4.69) is 54.9 Å². The maximum atomic E-state index is 13.9. The highest BCUT2D eigenvalue weighted by molar-refractivity contribution is 6.05. The van der Waals surface area contributed by atoms with Gasteiger partial charge in [-0.25, -0.2) is 4.98 Å². The molecule has 3 saturated heterocycles. The van der Waals surface area contributed by atoms with Crippen LogP contribution >= 0.6 is 0 Å². The van der Waals surface area contributed by atoms with E-state index in [0.717, 1.165) is 72.5 Å². The lowest BCUT2D eigenvalue weighted by molar-refractivity contribution is -0.0704. The monoisotopic (exact) mass is 665 g/mol. The Bertz CT molecular complexity index is 1830. The number of fused-ring (bicyclic) bond motifs is 1. The minimum absolute atomic E-state index is 0.149. The van der Waals surface area contributed by atoms with Crippen molar-refractivity contribution in [2.45, 2.75) is 83.4 Å². The number of hydrogen-bond donors (Lipinski definition) is 2. The van der Waals surface area contributed by atoms with E-state index in [0.29, 0.717) is 23.0 Å². The molecule has 260 valence electrons. The van der Waals surface area contributed by atoms with Gasteiger partial charge in [-0.2, -0.15) is 5.10 Å². The topological polar surface area (TPSA) is 108 Å². The number of aromatic nitrogens is 5. The Morgan fingerprint density at radius 3 is 2.33 bits per heavy atom. The summed E-state index contributed by atoms with van der Waals surface area (Å²) >= 11 is 0. The molecular formula is C38H51N9O2. The molecule has 8 rings (SSSR count). The van der Waals surface area contributed by atoms with Crippen LogP contribution in [0, 0.1) is 19.3 Å². The molecule has 2 N–H and O–H groups in total. The Balaban J connectivity index is 1.02. The first-order valence-electron chi connectivity index (χ1n) is 18.3. The van der Waals surface area contributed by atoms with Crippen LogP contribution in [-0.4, -0.2) is 104 Å². The molecule has 1 aliphatic carbocycles. The number of likely N-dealkylation sites (tertiary alicyclic amines) is 2. The van der Waals surface area contributed by atoms with Gasteiger partial charge in [0.05, 0.1) is 29.0 Å². The number of amides is 1. The maximum absolute atomic E-state index is 13.9. The number of carbonyl (C=O) groups excluding carboxylic acids is 1. The largest absolute Gasteiger partial charge is 0.393 e. The Kier molecular flexibility index (Phi) is 8.48. The normalized spacial score (nSPS) is 23.7. The zero-order valence-corrected chi connectivity index (χ0v) is 29.5. The summed E-state index contributed by atoms with van der Waals surface area (Å²) in [5.41, 5.74) is 7.66. The molecule has 0 unspecified atom stereocenters. The first-order chi connectivity index (χ1) is 23.6. The highest BCUT2D eigenvalue weighted by Gasteiger charge is 2.46. The van der Waals surface area contributed by atoms with E-state index in [1.807, 2.05) is 37.7 Å². The molecule has 11 heteroatoms. The van der Waals surface area contributed by atoms with Crippen molar-refractivity contribution in [2.24, 2.45) is 12.5 Å². The van der Waals surface area contributed by atoms with Crippen molar-refractivity contribution in [3.63, 3.8) is 0 Å². The zero-order chi connectivity index (χ0) is 33.9. The smallest absolute Gasteiger partial charge is 0.258 e. The lowest BCUT2D eigenvalue weighted by Crippen LogP contribution is -2.63. The lowest BCUT2D eigenvalue weighted by atomic mass is 9.71. The number of rotatable bonds is 6. The van der Waals surface area contributed by atoms with E-state index >= 15 is 0 Å². The van der Waals surface area contributed by atoms with Gasteiger partial charge < -0.3 is 19.5 Å². The van der Waals surface area contributed by atoms with Gasteiger partial charge in [-0.3, -0.25) is 24.7 Å². The van der Waals surface area contributed by atoms with Gasteiger partial charge in [-0.15, -0.1) is 0 Å². The van der Waals surface area contributed by atoms with E-state index in [-0.39, 0.29) is 18.1 Å². The van der Waals surface area contributed by atoms with E-state index < -0.39 is 0 Å². The summed E-state index contributed by atoms with van der Waals surface area (Å²) in [5, 5.41) is 17.9. The molecule has 1 spiro atoms. The second-order valence-corrected chi connectivity index (χ2v) is 15.5. The lowest BCUT2D eigenvalue weighted by Gasteiger charge is -2.57. The third-order valence-corrected chi connectivity index (χ3v) is 12.1. The first-order valence-corrected chi connectivity index (χ1v) is 18.3. The van der Waals surface area contributed by atoms with Crippen LogP contribution in [0.2, 0.25) is 0 Å². The fourth-order valence-electron chi connectivity index (χ4n) is 8.89. The van der Waals surface area contributed by atoms with Gasteiger partial charge >= 0.3 is 0 Å². The fourth-order valence-corrected chi connectivity index (χ4v) is 8.89. The molecule has 1 amide bonds. The molecule has 6 heterocycles. The van der Waals surface area contributed by atoms with Crippen LogP contribution in [0.15, 0.2) is 36.5 Å². The van der Waals surface area contributed by atoms with Gasteiger partial charge in [-0.05, 0) is 121 Å². The quantitative estimate of drug-likeness (QED) is 0.291. The number of pyridine rings is 1. The van der Waals surface area contributed by atoms with Crippen molar-refractivity contribution in [1.82, 2.24) is 34.1 Å². The number of carbonyl (C=O) groups is 1. The van der Waals surface area contributed by atoms with Crippen LogP contribution in [-0.2, 0) is 7.05 Å². The molecule has 0 atom stereocenters. The van der Waals surface area contributed by atoms with Crippen LogP contribution in [0.3, 0.4) is 0 Å². The summed E-state index contributed by atoms with van der Waals surface area (Å²) in [6.07, 6.45) is 9.81. The number of aryl methyl sites for hydroxylation is 2. The molecule has 4 fully saturated rings. The third-order valence-electron chi connectivity index (χ3n) is 12.1. The maximum Gasteiger partial charge on any atom is 0.258 e. The zero-order valence-electron chi connectivity index (χ0n) is 29.5. The molecule has 1 aromatic carbocycles. The number of nitrogens with zero attached hydrogens (tertiary/aromatic N) is 8. The van der Waals surface area contributed by atoms with Gasteiger partial charge in [0, 0.05) is 73.5 Å². The van der Waals surface area contributed by atoms with Crippen LogP contribution in [0.4, 0.5) is 11.6 Å². The standard InChI is InChI=1S/C38H51N9O2/c1-25-19-27(20-34(40-25)32-22-39-44(4)26(32)2)36(49)42-37-41-33-10-7-30(21-35(33)47(37)29-5-8-31(48)9-6-29)45-15-11-28(12-16-45)46-23-38(24-46)13-17-43(3)18-14-38/h7,10,19-22,28-29,31,48H,5-6,8-9,11-18,23-24H2,1-4H3,(H,41,42,49). The Morgan fingerprint density at radius 1 is 0.898 bits per heavy atom. The number of hydrogen-bond acceptors (Lipinski definition) is 8. The molecule has 11 nitrogen and oxygen atoms in total. The highest BCUT2D eigenvalue weighted by atomic mass is 16.3. The number of aliphatic hydroxyl groups excluding tert-OH is 1. The first kappa shape index (κ1) is 32.4. The van der Waals surface area contributed by atoms with Crippen LogP contribution in [0.25, 0.3) is 22.3 Å². The van der Waals surface area contributed by atoms with Crippen LogP contribution < -0.4 is 10.2 Å².